The minimum Gasteiger partial charge on any atom is -0.256 e. The Hall–Kier alpha value is -6.64. The second kappa shape index (κ2) is 12.0. The Morgan fingerprint density at radius 2 is 0.904 bits per heavy atom. The second-order valence-corrected chi connectivity index (χ2v) is 13.9. The Labute approximate surface area is 303 Å². The zero-order valence-electron chi connectivity index (χ0n) is 28.8. The number of aromatic nitrogens is 2. The third-order valence-corrected chi connectivity index (χ3v) is 11.1. The first kappa shape index (κ1) is 30.2. The van der Waals surface area contributed by atoms with Gasteiger partial charge in [0.2, 0.25) is 0 Å². The van der Waals surface area contributed by atoms with Gasteiger partial charge < -0.3 is 0 Å². The van der Waals surface area contributed by atoms with Gasteiger partial charge in [-0.25, -0.2) is 0 Å². The molecule has 0 spiro atoms. The SMILES string of the molecule is CC1(c2ccccc2)c2ccccc2-c2c1ccc(-c1ccc(-c3ccc4ncccc4c3)cc1)c2-c1ccc(-c2ccc3ncccc3c2)cc1. The Bertz CT molecular complexity index is 2780. The van der Waals surface area contributed by atoms with Crippen LogP contribution in [0.15, 0.2) is 188 Å². The summed E-state index contributed by atoms with van der Waals surface area (Å²) in [5.41, 5.74) is 18.0. The minimum atomic E-state index is -0.283. The average molecular weight is 663 g/mol. The Kier molecular flexibility index (Phi) is 6.97. The van der Waals surface area contributed by atoms with E-state index < -0.39 is 0 Å². The summed E-state index contributed by atoms with van der Waals surface area (Å²) in [6.07, 6.45) is 3.70. The first-order valence-corrected chi connectivity index (χ1v) is 17.9. The Balaban J connectivity index is 1.15. The van der Waals surface area contributed by atoms with Gasteiger partial charge in [-0.05, 0) is 116 Å². The van der Waals surface area contributed by atoms with E-state index in [1.165, 1.54) is 72.3 Å². The number of hydrogen-bond acceptors (Lipinski definition) is 2. The van der Waals surface area contributed by atoms with Crippen LogP contribution in [0.25, 0.3) is 77.4 Å². The van der Waals surface area contributed by atoms with E-state index in [0.29, 0.717) is 0 Å². The normalized spacial score (nSPS) is 14.7. The molecule has 0 radical (unpaired) electrons. The number of benzene rings is 7. The lowest BCUT2D eigenvalue weighted by Gasteiger charge is -2.29. The average Bonchev–Trinajstić information content (AvgIpc) is 3.49. The monoisotopic (exact) mass is 662 g/mol. The molecule has 10 rings (SSSR count). The Morgan fingerprint density at radius 1 is 0.365 bits per heavy atom. The maximum atomic E-state index is 4.53. The van der Waals surface area contributed by atoms with E-state index in [1.807, 2.05) is 24.5 Å². The van der Waals surface area contributed by atoms with E-state index in [4.69, 9.17) is 0 Å². The van der Waals surface area contributed by atoms with E-state index in [9.17, 15) is 0 Å². The van der Waals surface area contributed by atoms with Crippen molar-refractivity contribution in [3.05, 3.63) is 205 Å². The van der Waals surface area contributed by atoms with E-state index in [-0.39, 0.29) is 5.41 Å². The molecule has 1 aliphatic carbocycles. The molecule has 1 atom stereocenters. The molecule has 0 fully saturated rings. The standard InChI is InChI=1S/C50H34N2/c1-50(41-11-3-2-4-12-41)44-14-6-5-13-43(44)49-45(50)26-25-42(35-19-15-33(16-20-35)37-23-27-46-39(31-37)9-7-29-51-46)48(49)36-21-17-34(18-22-36)38-24-28-47-40(32-38)10-8-30-52-47/h2-32H,1H3. The number of hydrogen-bond donors (Lipinski definition) is 0. The van der Waals surface area contributed by atoms with Gasteiger partial charge in [-0.3, -0.25) is 9.97 Å². The lowest BCUT2D eigenvalue weighted by Crippen LogP contribution is -2.22. The fraction of sp³-hybridized carbons (Fsp3) is 0.0400. The van der Waals surface area contributed by atoms with Crippen molar-refractivity contribution in [2.24, 2.45) is 0 Å². The van der Waals surface area contributed by atoms with Crippen LogP contribution in [-0.2, 0) is 5.41 Å². The molecular formula is C50H34N2. The van der Waals surface area contributed by atoms with Crippen LogP contribution in [0, 0.1) is 0 Å². The number of rotatable bonds is 5. The largest absolute Gasteiger partial charge is 0.256 e. The molecule has 2 heteroatoms. The number of pyridine rings is 2. The highest BCUT2D eigenvalue weighted by Gasteiger charge is 2.42. The predicted octanol–water partition coefficient (Wildman–Crippen LogP) is 12.8. The van der Waals surface area contributed by atoms with Gasteiger partial charge in [0, 0.05) is 28.6 Å². The van der Waals surface area contributed by atoms with Gasteiger partial charge in [-0.2, -0.15) is 0 Å². The third kappa shape index (κ3) is 4.80. The lowest BCUT2D eigenvalue weighted by atomic mass is 9.73. The third-order valence-electron chi connectivity index (χ3n) is 11.1. The fourth-order valence-corrected chi connectivity index (χ4v) is 8.39. The number of fused-ring (bicyclic) bond motifs is 5. The maximum absolute atomic E-state index is 4.53. The summed E-state index contributed by atoms with van der Waals surface area (Å²) < 4.78 is 0. The van der Waals surface area contributed by atoms with Crippen molar-refractivity contribution in [1.82, 2.24) is 9.97 Å². The van der Waals surface area contributed by atoms with Crippen LogP contribution in [0.5, 0.6) is 0 Å². The fourth-order valence-electron chi connectivity index (χ4n) is 8.39. The van der Waals surface area contributed by atoms with Crippen molar-refractivity contribution in [2.45, 2.75) is 12.3 Å². The predicted molar refractivity (Wildman–Crippen MR) is 216 cm³/mol. The molecule has 2 aromatic heterocycles. The molecule has 0 N–H and O–H groups in total. The molecule has 2 heterocycles. The molecule has 0 saturated heterocycles. The van der Waals surface area contributed by atoms with Crippen molar-refractivity contribution in [3.8, 4) is 55.6 Å². The molecule has 0 amide bonds. The van der Waals surface area contributed by atoms with Crippen LogP contribution < -0.4 is 0 Å². The van der Waals surface area contributed by atoms with Crippen LogP contribution in [0.1, 0.15) is 23.6 Å². The van der Waals surface area contributed by atoms with Gasteiger partial charge in [-0.15, -0.1) is 0 Å². The van der Waals surface area contributed by atoms with Gasteiger partial charge in [0.15, 0.2) is 0 Å². The summed E-state index contributed by atoms with van der Waals surface area (Å²) >= 11 is 0. The van der Waals surface area contributed by atoms with Gasteiger partial charge in [0.05, 0.1) is 11.0 Å². The van der Waals surface area contributed by atoms with Gasteiger partial charge in [-0.1, -0.05) is 140 Å². The quantitative estimate of drug-likeness (QED) is 0.183. The smallest absolute Gasteiger partial charge is 0.0702 e. The van der Waals surface area contributed by atoms with Crippen LogP contribution >= 0.6 is 0 Å². The zero-order valence-corrected chi connectivity index (χ0v) is 28.8. The van der Waals surface area contributed by atoms with Crippen molar-refractivity contribution >= 4 is 21.8 Å². The highest BCUT2D eigenvalue weighted by atomic mass is 14.6. The van der Waals surface area contributed by atoms with E-state index >= 15 is 0 Å². The molecule has 0 aliphatic heterocycles. The molecule has 52 heavy (non-hydrogen) atoms. The second-order valence-electron chi connectivity index (χ2n) is 13.9. The van der Waals surface area contributed by atoms with Crippen LogP contribution in [0.4, 0.5) is 0 Å². The molecule has 7 aromatic carbocycles. The zero-order chi connectivity index (χ0) is 34.6. The molecular weight excluding hydrogens is 629 g/mol. The summed E-state index contributed by atoms with van der Waals surface area (Å²) in [7, 11) is 0. The summed E-state index contributed by atoms with van der Waals surface area (Å²) in [6, 6.07) is 64.2. The topological polar surface area (TPSA) is 25.8 Å². The summed E-state index contributed by atoms with van der Waals surface area (Å²) in [5, 5.41) is 2.29. The number of nitrogens with zero attached hydrogens (tertiary/aromatic N) is 2. The molecule has 0 saturated carbocycles. The lowest BCUT2D eigenvalue weighted by molar-refractivity contribution is 0.714. The van der Waals surface area contributed by atoms with Crippen LogP contribution in [-0.4, -0.2) is 9.97 Å². The maximum Gasteiger partial charge on any atom is 0.0702 e. The molecule has 2 nitrogen and oxygen atoms in total. The van der Waals surface area contributed by atoms with E-state index in [2.05, 4.69) is 181 Å². The van der Waals surface area contributed by atoms with Crippen molar-refractivity contribution in [1.29, 1.82) is 0 Å². The summed E-state index contributed by atoms with van der Waals surface area (Å²) in [5.74, 6) is 0. The highest BCUT2D eigenvalue weighted by molar-refractivity contribution is 6.01. The van der Waals surface area contributed by atoms with Gasteiger partial charge >= 0.3 is 0 Å². The van der Waals surface area contributed by atoms with Gasteiger partial charge in [0.25, 0.3) is 0 Å². The van der Waals surface area contributed by atoms with Gasteiger partial charge in [0.1, 0.15) is 0 Å². The molecule has 0 bridgehead atoms. The van der Waals surface area contributed by atoms with Crippen LogP contribution in [0.2, 0.25) is 0 Å². The molecule has 244 valence electrons. The summed E-state index contributed by atoms with van der Waals surface area (Å²) in [4.78, 5) is 9.04. The van der Waals surface area contributed by atoms with E-state index in [0.717, 1.165) is 21.8 Å². The Morgan fingerprint density at radius 3 is 1.54 bits per heavy atom. The molecule has 1 aliphatic rings. The summed E-state index contributed by atoms with van der Waals surface area (Å²) in [6.45, 7) is 2.39. The first-order chi connectivity index (χ1) is 25.6. The van der Waals surface area contributed by atoms with Crippen LogP contribution in [0.3, 0.4) is 0 Å². The van der Waals surface area contributed by atoms with Crippen molar-refractivity contribution in [2.75, 3.05) is 0 Å². The highest BCUT2D eigenvalue weighted by Crippen LogP contribution is 2.57. The minimum absolute atomic E-state index is 0.283. The molecule has 9 aromatic rings. The first-order valence-electron chi connectivity index (χ1n) is 17.9. The van der Waals surface area contributed by atoms with Crippen molar-refractivity contribution in [3.63, 3.8) is 0 Å². The molecule has 1 unspecified atom stereocenters. The van der Waals surface area contributed by atoms with E-state index in [1.54, 1.807) is 0 Å². The van der Waals surface area contributed by atoms with Crippen molar-refractivity contribution < 1.29 is 0 Å².